The molecule has 0 fully saturated rings. The fraction of sp³-hybridized carbons (Fsp3) is 0.125. The summed E-state index contributed by atoms with van der Waals surface area (Å²) in [4.78, 5) is 17.2. The largest absolute Gasteiger partial charge is 0.463 e. The predicted octanol–water partition coefficient (Wildman–Crippen LogP) is 3.42. The first kappa shape index (κ1) is 15.3. The third-order valence-corrected chi connectivity index (χ3v) is 3.55. The van der Waals surface area contributed by atoms with Gasteiger partial charge in [0.15, 0.2) is 11.5 Å². The summed E-state index contributed by atoms with van der Waals surface area (Å²) in [5.74, 6) is 0.234. The number of hydrogen-bond donors (Lipinski definition) is 0. The van der Waals surface area contributed by atoms with E-state index in [1.807, 2.05) is 12.1 Å². The number of amides is 1. The normalized spacial score (nSPS) is 10.7. The molecule has 3 aromatic rings. The van der Waals surface area contributed by atoms with Crippen LogP contribution in [0.25, 0.3) is 17.1 Å². The molecule has 0 radical (unpaired) electrons. The first-order valence-corrected chi connectivity index (χ1v) is 7.20. The molecule has 0 aliphatic heterocycles. The number of carbonyl (C=O) groups is 1. The van der Waals surface area contributed by atoms with Gasteiger partial charge in [-0.1, -0.05) is 17.7 Å². The minimum atomic E-state index is -0.360. The lowest BCUT2D eigenvalue weighted by Crippen LogP contribution is -2.25. The molecule has 0 saturated heterocycles. The summed E-state index contributed by atoms with van der Waals surface area (Å²) in [6.45, 7) is 0. The number of benzene rings is 1. The molecular formula is C16H14ClN3O3. The number of aromatic nitrogens is 2. The van der Waals surface area contributed by atoms with Crippen LogP contribution in [0.5, 0.6) is 0 Å². The summed E-state index contributed by atoms with van der Waals surface area (Å²) in [5, 5.41) is 6.06. The fourth-order valence-corrected chi connectivity index (χ4v) is 2.32. The van der Waals surface area contributed by atoms with Gasteiger partial charge in [0.2, 0.25) is 0 Å². The van der Waals surface area contributed by atoms with E-state index < -0.39 is 0 Å². The van der Waals surface area contributed by atoms with Crippen LogP contribution in [-0.2, 0) is 4.84 Å². The molecule has 7 heteroatoms. The van der Waals surface area contributed by atoms with Crippen LogP contribution in [0.2, 0.25) is 5.02 Å². The van der Waals surface area contributed by atoms with E-state index in [1.165, 1.54) is 14.2 Å². The Labute approximate surface area is 137 Å². The molecule has 0 spiro atoms. The molecular weight excluding hydrogens is 318 g/mol. The third kappa shape index (κ3) is 2.99. The van der Waals surface area contributed by atoms with Gasteiger partial charge >= 0.3 is 0 Å². The molecule has 1 aromatic carbocycles. The summed E-state index contributed by atoms with van der Waals surface area (Å²) in [6, 6.07) is 12.4. The highest BCUT2D eigenvalue weighted by Gasteiger charge is 2.21. The van der Waals surface area contributed by atoms with Crippen LogP contribution in [0.4, 0.5) is 0 Å². The molecule has 1 amide bonds. The minimum absolute atomic E-state index is 0.237. The van der Waals surface area contributed by atoms with Crippen LogP contribution < -0.4 is 0 Å². The maximum Gasteiger partial charge on any atom is 0.297 e. The first-order chi connectivity index (χ1) is 11.1. The predicted molar refractivity (Wildman–Crippen MR) is 85.4 cm³/mol. The van der Waals surface area contributed by atoms with Gasteiger partial charge in [-0.05, 0) is 30.3 Å². The number of hydroxylamine groups is 2. The number of rotatable bonds is 4. The van der Waals surface area contributed by atoms with Gasteiger partial charge in [-0.15, -0.1) is 0 Å². The lowest BCUT2D eigenvalue weighted by Gasteiger charge is -2.11. The van der Waals surface area contributed by atoms with Gasteiger partial charge < -0.3 is 4.42 Å². The second kappa shape index (κ2) is 6.28. The number of hydrogen-bond acceptors (Lipinski definition) is 4. The first-order valence-electron chi connectivity index (χ1n) is 6.82. The van der Waals surface area contributed by atoms with Crippen molar-refractivity contribution in [3.8, 4) is 17.1 Å². The van der Waals surface area contributed by atoms with Gasteiger partial charge in [0.25, 0.3) is 5.91 Å². The van der Waals surface area contributed by atoms with Crippen molar-refractivity contribution in [2.24, 2.45) is 0 Å². The van der Waals surface area contributed by atoms with E-state index in [0.29, 0.717) is 16.5 Å². The van der Waals surface area contributed by atoms with Gasteiger partial charge in [0, 0.05) is 18.1 Å². The van der Waals surface area contributed by atoms with Crippen molar-refractivity contribution in [3.05, 3.63) is 59.4 Å². The fourth-order valence-electron chi connectivity index (χ4n) is 2.13. The second-order valence-electron chi connectivity index (χ2n) is 4.77. The van der Waals surface area contributed by atoms with E-state index in [1.54, 1.807) is 41.3 Å². The van der Waals surface area contributed by atoms with Crippen LogP contribution in [0.3, 0.4) is 0 Å². The standard InChI is InChI=1S/C16H14ClN3O3/c1-19(22-2)16(21)13-10-14(15-7-4-8-23-15)20(18-13)12-6-3-5-11(17)9-12/h3-10H,1-2H3. The van der Waals surface area contributed by atoms with Crippen molar-refractivity contribution in [3.63, 3.8) is 0 Å². The maximum atomic E-state index is 12.3. The topological polar surface area (TPSA) is 60.5 Å². The number of furan rings is 1. The van der Waals surface area contributed by atoms with Gasteiger partial charge in [-0.25, -0.2) is 9.75 Å². The summed E-state index contributed by atoms with van der Waals surface area (Å²) in [7, 11) is 2.94. The zero-order chi connectivity index (χ0) is 16.4. The smallest absolute Gasteiger partial charge is 0.297 e. The van der Waals surface area contributed by atoms with Crippen LogP contribution in [0, 0.1) is 0 Å². The van der Waals surface area contributed by atoms with Gasteiger partial charge in [-0.3, -0.25) is 9.63 Å². The third-order valence-electron chi connectivity index (χ3n) is 3.31. The molecule has 23 heavy (non-hydrogen) atoms. The maximum absolute atomic E-state index is 12.3. The van der Waals surface area contributed by atoms with E-state index >= 15 is 0 Å². The van der Waals surface area contributed by atoms with E-state index in [0.717, 1.165) is 10.8 Å². The monoisotopic (exact) mass is 331 g/mol. The SMILES string of the molecule is CON(C)C(=O)c1cc(-c2ccco2)n(-c2cccc(Cl)c2)n1. The van der Waals surface area contributed by atoms with Crippen LogP contribution in [-0.4, -0.2) is 34.9 Å². The van der Waals surface area contributed by atoms with Gasteiger partial charge in [0.05, 0.1) is 19.1 Å². The Hall–Kier alpha value is -2.57. The number of carbonyl (C=O) groups excluding carboxylic acids is 1. The molecule has 2 heterocycles. The average molecular weight is 332 g/mol. The Morgan fingerprint density at radius 2 is 2.13 bits per heavy atom. The van der Waals surface area contributed by atoms with Crippen molar-refractivity contribution >= 4 is 17.5 Å². The molecule has 0 aliphatic carbocycles. The molecule has 3 rings (SSSR count). The summed E-state index contributed by atoms with van der Waals surface area (Å²) >= 11 is 6.05. The quantitative estimate of drug-likeness (QED) is 0.687. The zero-order valence-electron chi connectivity index (χ0n) is 12.6. The summed E-state index contributed by atoms with van der Waals surface area (Å²) < 4.78 is 7.05. The summed E-state index contributed by atoms with van der Waals surface area (Å²) in [5.41, 5.74) is 1.61. The van der Waals surface area contributed by atoms with Crippen molar-refractivity contribution in [1.82, 2.24) is 14.8 Å². The molecule has 0 N–H and O–H groups in total. The highest BCUT2D eigenvalue weighted by atomic mass is 35.5. The van der Waals surface area contributed by atoms with Crippen LogP contribution >= 0.6 is 11.6 Å². The number of halogens is 1. The molecule has 0 saturated carbocycles. The summed E-state index contributed by atoms with van der Waals surface area (Å²) in [6.07, 6.45) is 1.56. The molecule has 0 atom stereocenters. The van der Waals surface area contributed by atoms with E-state index in [-0.39, 0.29) is 11.6 Å². The molecule has 6 nitrogen and oxygen atoms in total. The molecule has 118 valence electrons. The lowest BCUT2D eigenvalue weighted by atomic mass is 10.2. The molecule has 0 unspecified atom stereocenters. The van der Waals surface area contributed by atoms with E-state index in [2.05, 4.69) is 5.10 Å². The van der Waals surface area contributed by atoms with E-state index in [9.17, 15) is 4.79 Å². The molecule has 0 aliphatic rings. The van der Waals surface area contributed by atoms with Gasteiger partial charge in [0.1, 0.15) is 5.69 Å². The Kier molecular flexibility index (Phi) is 4.18. The van der Waals surface area contributed by atoms with Crippen molar-refractivity contribution in [2.45, 2.75) is 0 Å². The van der Waals surface area contributed by atoms with Crippen LogP contribution in [0.15, 0.2) is 53.1 Å². The second-order valence-corrected chi connectivity index (χ2v) is 5.21. The van der Waals surface area contributed by atoms with E-state index in [4.69, 9.17) is 20.9 Å². The molecule has 0 bridgehead atoms. The highest BCUT2D eigenvalue weighted by molar-refractivity contribution is 6.30. The Balaban J connectivity index is 2.13. The van der Waals surface area contributed by atoms with Crippen molar-refractivity contribution < 1.29 is 14.0 Å². The van der Waals surface area contributed by atoms with Crippen molar-refractivity contribution in [1.29, 1.82) is 0 Å². The van der Waals surface area contributed by atoms with Crippen LogP contribution in [0.1, 0.15) is 10.5 Å². The van der Waals surface area contributed by atoms with Crippen molar-refractivity contribution in [2.75, 3.05) is 14.2 Å². The highest BCUT2D eigenvalue weighted by Crippen LogP contribution is 2.26. The Morgan fingerprint density at radius 3 is 2.78 bits per heavy atom. The zero-order valence-corrected chi connectivity index (χ0v) is 13.3. The Morgan fingerprint density at radius 1 is 1.30 bits per heavy atom. The number of nitrogens with zero attached hydrogens (tertiary/aromatic N) is 3. The average Bonchev–Trinajstić information content (AvgIpc) is 3.22. The van der Waals surface area contributed by atoms with Gasteiger partial charge in [-0.2, -0.15) is 5.10 Å². The molecule has 2 aromatic heterocycles. The Bertz CT molecular complexity index is 827. The lowest BCUT2D eigenvalue weighted by molar-refractivity contribution is -0.0760. The minimum Gasteiger partial charge on any atom is -0.463 e.